The van der Waals surface area contributed by atoms with Gasteiger partial charge in [-0.3, -0.25) is 4.79 Å². The molecule has 0 aliphatic carbocycles. The van der Waals surface area contributed by atoms with E-state index in [1.807, 2.05) is 35.5 Å². The van der Waals surface area contributed by atoms with Crippen molar-refractivity contribution in [1.82, 2.24) is 15.3 Å². The number of rotatable bonds is 1. The fourth-order valence-electron chi connectivity index (χ4n) is 2.41. The molecule has 0 spiro atoms. The third kappa shape index (κ3) is 1.87. The zero-order valence-corrected chi connectivity index (χ0v) is 10.8. The number of carbonyl (C=O) groups is 1. The maximum Gasteiger partial charge on any atom is 0.250 e. The van der Waals surface area contributed by atoms with E-state index < -0.39 is 0 Å². The molecule has 0 radical (unpaired) electrons. The zero-order chi connectivity index (χ0) is 12.7. The van der Waals surface area contributed by atoms with Crippen LogP contribution < -0.4 is 5.43 Å². The standard InChI is InChI=1S/C13H14ClN3O/c1-16-6-7-17-12(13(16)18)8-11(15-17)9-2-4-10(14)5-3-9/h2-7,11-12,15H,8H2,1H3. The van der Waals surface area contributed by atoms with Gasteiger partial charge in [-0.2, -0.15) is 0 Å². The number of halogens is 1. The van der Waals surface area contributed by atoms with Crippen molar-refractivity contribution in [3.63, 3.8) is 0 Å². The van der Waals surface area contributed by atoms with Crippen LogP contribution in [0.25, 0.3) is 0 Å². The number of hydrogen-bond donors (Lipinski definition) is 1. The second-order valence-corrected chi connectivity index (χ2v) is 5.08. The van der Waals surface area contributed by atoms with Gasteiger partial charge >= 0.3 is 0 Å². The van der Waals surface area contributed by atoms with Gasteiger partial charge in [0.1, 0.15) is 6.04 Å². The van der Waals surface area contributed by atoms with Gasteiger partial charge in [0.2, 0.25) is 0 Å². The number of amides is 1. The molecule has 0 aromatic heterocycles. The van der Waals surface area contributed by atoms with Crippen molar-refractivity contribution in [2.75, 3.05) is 7.05 Å². The number of likely N-dealkylation sites (N-methyl/N-ethyl adjacent to an activating group) is 1. The highest BCUT2D eigenvalue weighted by atomic mass is 35.5. The van der Waals surface area contributed by atoms with Crippen molar-refractivity contribution < 1.29 is 4.79 Å². The van der Waals surface area contributed by atoms with Crippen molar-refractivity contribution in [2.45, 2.75) is 18.5 Å². The molecule has 4 nitrogen and oxygen atoms in total. The number of benzene rings is 1. The summed E-state index contributed by atoms with van der Waals surface area (Å²) < 4.78 is 0. The summed E-state index contributed by atoms with van der Waals surface area (Å²) in [4.78, 5) is 13.6. The van der Waals surface area contributed by atoms with E-state index in [1.165, 1.54) is 0 Å². The van der Waals surface area contributed by atoms with Gasteiger partial charge in [-0.25, -0.2) is 5.43 Å². The van der Waals surface area contributed by atoms with Crippen LogP contribution in [0.4, 0.5) is 0 Å². The first-order valence-electron chi connectivity index (χ1n) is 5.90. The van der Waals surface area contributed by atoms with E-state index in [0.29, 0.717) is 0 Å². The Morgan fingerprint density at radius 3 is 2.72 bits per heavy atom. The summed E-state index contributed by atoms with van der Waals surface area (Å²) in [6.07, 6.45) is 4.45. The summed E-state index contributed by atoms with van der Waals surface area (Å²) >= 11 is 5.88. The summed E-state index contributed by atoms with van der Waals surface area (Å²) in [6.45, 7) is 0. The second-order valence-electron chi connectivity index (χ2n) is 4.64. The summed E-state index contributed by atoms with van der Waals surface area (Å²) in [5.74, 6) is 0.126. The van der Waals surface area contributed by atoms with Gasteiger partial charge in [0.25, 0.3) is 5.91 Å². The first-order chi connectivity index (χ1) is 8.65. The number of fused-ring (bicyclic) bond motifs is 1. The molecule has 2 unspecified atom stereocenters. The molecule has 3 rings (SSSR count). The molecule has 0 saturated carbocycles. The van der Waals surface area contributed by atoms with Crippen molar-refractivity contribution in [3.05, 3.63) is 47.3 Å². The van der Waals surface area contributed by atoms with Crippen molar-refractivity contribution in [1.29, 1.82) is 0 Å². The van der Waals surface area contributed by atoms with E-state index in [9.17, 15) is 4.79 Å². The number of nitrogens with zero attached hydrogens (tertiary/aromatic N) is 2. The van der Waals surface area contributed by atoms with E-state index in [1.54, 1.807) is 18.1 Å². The Morgan fingerprint density at radius 2 is 2.00 bits per heavy atom. The lowest BCUT2D eigenvalue weighted by Gasteiger charge is -2.29. The van der Waals surface area contributed by atoms with E-state index in [2.05, 4.69) is 5.43 Å². The quantitative estimate of drug-likeness (QED) is 0.841. The lowest BCUT2D eigenvalue weighted by atomic mass is 10.0. The van der Waals surface area contributed by atoms with E-state index >= 15 is 0 Å². The zero-order valence-electron chi connectivity index (χ0n) is 10.0. The average molecular weight is 264 g/mol. The normalized spacial score (nSPS) is 26.7. The number of carbonyl (C=O) groups excluding carboxylic acids is 1. The molecule has 1 aromatic rings. The highest BCUT2D eigenvalue weighted by Gasteiger charge is 2.38. The van der Waals surface area contributed by atoms with Crippen molar-refractivity contribution >= 4 is 17.5 Å². The van der Waals surface area contributed by atoms with Crippen LogP contribution in [-0.2, 0) is 4.79 Å². The number of hydrogen-bond acceptors (Lipinski definition) is 3. The van der Waals surface area contributed by atoms with Gasteiger partial charge < -0.3 is 9.91 Å². The fourth-order valence-corrected chi connectivity index (χ4v) is 2.54. The molecule has 1 amide bonds. The van der Waals surface area contributed by atoms with Crippen molar-refractivity contribution in [3.8, 4) is 0 Å². The Kier molecular flexibility index (Phi) is 2.76. The third-order valence-electron chi connectivity index (χ3n) is 3.46. The maximum absolute atomic E-state index is 12.0. The van der Waals surface area contributed by atoms with Gasteiger partial charge in [0.05, 0.1) is 6.04 Å². The molecule has 94 valence electrons. The number of hydrazine groups is 1. The van der Waals surface area contributed by atoms with E-state index in [0.717, 1.165) is 17.0 Å². The highest BCUT2D eigenvalue weighted by Crippen LogP contribution is 2.30. The van der Waals surface area contributed by atoms with Crippen LogP contribution in [0, 0.1) is 0 Å². The topological polar surface area (TPSA) is 35.6 Å². The third-order valence-corrected chi connectivity index (χ3v) is 3.71. The molecule has 5 heteroatoms. The minimum Gasteiger partial charge on any atom is -0.319 e. The highest BCUT2D eigenvalue weighted by molar-refractivity contribution is 6.30. The molecule has 0 bridgehead atoms. The van der Waals surface area contributed by atoms with Gasteiger partial charge in [-0.05, 0) is 24.1 Å². The monoisotopic (exact) mass is 263 g/mol. The van der Waals surface area contributed by atoms with Crippen LogP contribution in [0.5, 0.6) is 0 Å². The second kappa shape index (κ2) is 4.30. The molecule has 2 atom stereocenters. The van der Waals surface area contributed by atoms with Crippen LogP contribution in [-0.4, -0.2) is 28.9 Å². The smallest absolute Gasteiger partial charge is 0.250 e. The van der Waals surface area contributed by atoms with Gasteiger partial charge in [0, 0.05) is 24.5 Å². The first kappa shape index (κ1) is 11.6. The van der Waals surface area contributed by atoms with Crippen molar-refractivity contribution in [2.24, 2.45) is 0 Å². The van der Waals surface area contributed by atoms with E-state index in [-0.39, 0.29) is 18.0 Å². The van der Waals surface area contributed by atoms with Gasteiger partial charge in [0.15, 0.2) is 0 Å². The molecule has 18 heavy (non-hydrogen) atoms. The SMILES string of the molecule is CN1C=CN2NC(c3ccc(Cl)cc3)CC2C1=O. The largest absolute Gasteiger partial charge is 0.319 e. The average Bonchev–Trinajstić information content (AvgIpc) is 2.80. The molecule has 1 saturated heterocycles. The van der Waals surface area contributed by atoms with Gasteiger partial charge in [-0.1, -0.05) is 23.7 Å². The molecule has 1 N–H and O–H groups in total. The Bertz CT molecular complexity index is 499. The Balaban J connectivity index is 1.82. The Morgan fingerprint density at radius 1 is 1.28 bits per heavy atom. The van der Waals surface area contributed by atoms with Crippen LogP contribution in [0.2, 0.25) is 5.02 Å². The molecule has 2 aliphatic heterocycles. The predicted octanol–water partition coefficient (Wildman–Crippen LogP) is 1.90. The van der Waals surface area contributed by atoms with Crippen LogP contribution in [0.1, 0.15) is 18.0 Å². The van der Waals surface area contributed by atoms with E-state index in [4.69, 9.17) is 11.6 Å². The minimum atomic E-state index is -0.110. The number of nitrogens with one attached hydrogen (secondary N) is 1. The summed E-state index contributed by atoms with van der Waals surface area (Å²) in [5.41, 5.74) is 4.49. The maximum atomic E-state index is 12.0. The van der Waals surface area contributed by atoms with Gasteiger partial charge in [-0.15, -0.1) is 0 Å². The lowest BCUT2D eigenvalue weighted by Crippen LogP contribution is -2.46. The predicted molar refractivity (Wildman–Crippen MR) is 69.5 cm³/mol. The first-order valence-corrected chi connectivity index (χ1v) is 6.28. The Hall–Kier alpha value is -1.52. The van der Waals surface area contributed by atoms with Crippen LogP contribution in [0.15, 0.2) is 36.7 Å². The fraction of sp³-hybridized carbons (Fsp3) is 0.308. The molecule has 1 fully saturated rings. The molecule has 2 heterocycles. The minimum absolute atomic E-state index is 0.110. The molecular weight excluding hydrogens is 250 g/mol. The van der Waals surface area contributed by atoms with Crippen LogP contribution >= 0.6 is 11.6 Å². The lowest BCUT2D eigenvalue weighted by molar-refractivity contribution is -0.133. The molecular formula is C13H14ClN3O. The summed E-state index contributed by atoms with van der Waals surface area (Å²) in [5, 5.41) is 2.62. The molecule has 2 aliphatic rings. The summed E-state index contributed by atoms with van der Waals surface area (Å²) in [6, 6.07) is 7.79. The Labute approximate surface area is 111 Å². The van der Waals surface area contributed by atoms with Crippen LogP contribution in [0.3, 0.4) is 0 Å². The summed E-state index contributed by atoms with van der Waals surface area (Å²) in [7, 11) is 1.78. The molecule has 1 aromatic carbocycles.